The van der Waals surface area contributed by atoms with Crippen molar-refractivity contribution in [2.45, 2.75) is 44.6 Å². The first-order chi connectivity index (χ1) is 13.0. The highest BCUT2D eigenvalue weighted by atomic mass is 32.2. The lowest BCUT2D eigenvalue weighted by atomic mass is 10.1. The monoisotopic (exact) mass is 406 g/mol. The Kier molecular flexibility index (Phi) is 6.34. The van der Waals surface area contributed by atoms with E-state index in [2.05, 4.69) is 11.4 Å². The first-order valence-electron chi connectivity index (χ1n) is 9.37. The molecular weight excluding hydrogens is 380 g/mol. The molecule has 0 radical (unpaired) electrons. The number of nitrogens with zero attached hydrogens (tertiary/aromatic N) is 2. The minimum atomic E-state index is -3.43. The van der Waals surface area contributed by atoms with Gasteiger partial charge in [-0.05, 0) is 47.5 Å². The lowest BCUT2D eigenvalue weighted by Crippen LogP contribution is -2.35. The molecule has 0 bridgehead atoms. The summed E-state index contributed by atoms with van der Waals surface area (Å²) < 4.78 is 26.5. The number of thiophene rings is 1. The van der Waals surface area contributed by atoms with E-state index < -0.39 is 10.0 Å². The Hall–Kier alpha value is -1.70. The molecule has 3 rings (SSSR count). The third-order valence-electron chi connectivity index (χ3n) is 5.05. The molecule has 1 aliphatic rings. The minimum absolute atomic E-state index is 0.159. The molecule has 2 aromatic rings. The number of fused-ring (bicyclic) bond motifs is 1. The lowest BCUT2D eigenvalue weighted by molar-refractivity contribution is -0.132. The van der Waals surface area contributed by atoms with Crippen LogP contribution in [0, 0.1) is 0 Å². The Morgan fingerprint density at radius 1 is 1.15 bits per heavy atom. The second kappa shape index (κ2) is 8.54. The fourth-order valence-electron chi connectivity index (χ4n) is 3.41. The van der Waals surface area contributed by atoms with Gasteiger partial charge in [0.25, 0.3) is 0 Å². The second-order valence-electron chi connectivity index (χ2n) is 6.67. The summed E-state index contributed by atoms with van der Waals surface area (Å²) in [5.41, 5.74) is 2.25. The topological polar surface area (TPSA) is 57.7 Å². The molecule has 0 N–H and O–H groups in total. The minimum Gasteiger partial charge on any atom is -0.338 e. The molecule has 0 spiro atoms. The van der Waals surface area contributed by atoms with Gasteiger partial charge in [-0.25, -0.2) is 8.42 Å². The van der Waals surface area contributed by atoms with Gasteiger partial charge < -0.3 is 4.90 Å². The molecular formula is C20H26N2O3S2. The number of sulfonamides is 1. The van der Waals surface area contributed by atoms with E-state index in [9.17, 15) is 13.2 Å². The number of carbonyl (C=O) groups is 1. The standard InChI is InChI=1S/C20H26N2O3S2/c1-3-22(4-2)27(24,25)18-8-5-16(6-9-18)7-10-20(23)21-13-11-19-17(15-21)12-14-26-19/h5-6,8-9,12,14H,3-4,7,10-11,13,15H2,1-2H3. The summed E-state index contributed by atoms with van der Waals surface area (Å²) in [6.45, 7) is 6.07. The maximum absolute atomic E-state index is 12.5. The smallest absolute Gasteiger partial charge is 0.243 e. The Bertz CT molecular complexity index is 884. The van der Waals surface area contributed by atoms with Crippen LogP contribution in [0.4, 0.5) is 0 Å². The Morgan fingerprint density at radius 3 is 2.52 bits per heavy atom. The fourth-order valence-corrected chi connectivity index (χ4v) is 5.76. The van der Waals surface area contributed by atoms with E-state index in [4.69, 9.17) is 0 Å². The van der Waals surface area contributed by atoms with Crippen LogP contribution >= 0.6 is 11.3 Å². The number of hydrogen-bond donors (Lipinski definition) is 0. The molecule has 1 aromatic carbocycles. The largest absolute Gasteiger partial charge is 0.338 e. The quantitative estimate of drug-likeness (QED) is 0.709. The van der Waals surface area contributed by atoms with Gasteiger partial charge in [-0.15, -0.1) is 11.3 Å². The van der Waals surface area contributed by atoms with Crippen molar-refractivity contribution in [2.75, 3.05) is 19.6 Å². The molecule has 5 nitrogen and oxygen atoms in total. The predicted molar refractivity (Wildman–Crippen MR) is 108 cm³/mol. The molecule has 0 saturated carbocycles. The molecule has 1 aromatic heterocycles. The van der Waals surface area contributed by atoms with Gasteiger partial charge in [0.2, 0.25) is 15.9 Å². The number of rotatable bonds is 7. The molecule has 0 unspecified atom stereocenters. The Morgan fingerprint density at radius 2 is 1.85 bits per heavy atom. The molecule has 0 atom stereocenters. The first-order valence-corrected chi connectivity index (χ1v) is 11.7. The summed E-state index contributed by atoms with van der Waals surface area (Å²) in [6.07, 6.45) is 2.01. The zero-order valence-electron chi connectivity index (χ0n) is 15.8. The van der Waals surface area contributed by atoms with Crippen molar-refractivity contribution in [3.63, 3.8) is 0 Å². The summed E-state index contributed by atoms with van der Waals surface area (Å²) in [5, 5.41) is 2.09. The van der Waals surface area contributed by atoms with Crippen LogP contribution in [0.1, 0.15) is 36.3 Å². The molecule has 146 valence electrons. The Labute approximate surface area is 165 Å². The highest BCUT2D eigenvalue weighted by Gasteiger charge is 2.22. The van der Waals surface area contributed by atoms with Crippen LogP contribution in [0.3, 0.4) is 0 Å². The highest BCUT2D eigenvalue weighted by Crippen LogP contribution is 2.24. The lowest BCUT2D eigenvalue weighted by Gasteiger charge is -2.27. The SMILES string of the molecule is CCN(CC)S(=O)(=O)c1ccc(CCC(=O)N2CCc3sccc3C2)cc1. The normalized spacial score (nSPS) is 14.4. The predicted octanol–water partition coefficient (Wildman–Crippen LogP) is 3.30. The molecule has 0 aliphatic carbocycles. The molecule has 1 aliphatic heterocycles. The maximum Gasteiger partial charge on any atom is 0.243 e. The van der Waals surface area contributed by atoms with Gasteiger partial charge in [-0.1, -0.05) is 26.0 Å². The summed E-state index contributed by atoms with van der Waals surface area (Å²) in [7, 11) is -3.43. The maximum atomic E-state index is 12.5. The van der Waals surface area contributed by atoms with Gasteiger partial charge in [0, 0.05) is 37.5 Å². The summed E-state index contributed by atoms with van der Waals surface area (Å²) >= 11 is 1.77. The average molecular weight is 407 g/mol. The second-order valence-corrected chi connectivity index (χ2v) is 9.61. The van der Waals surface area contributed by atoms with Crippen LogP contribution in [0.5, 0.6) is 0 Å². The molecule has 0 saturated heterocycles. The van der Waals surface area contributed by atoms with Crippen LogP contribution in [0.15, 0.2) is 40.6 Å². The van der Waals surface area contributed by atoms with E-state index in [-0.39, 0.29) is 5.91 Å². The van der Waals surface area contributed by atoms with Crippen molar-refractivity contribution < 1.29 is 13.2 Å². The van der Waals surface area contributed by atoms with Gasteiger partial charge in [0.05, 0.1) is 4.90 Å². The number of amides is 1. The van der Waals surface area contributed by atoms with Gasteiger partial charge in [-0.3, -0.25) is 4.79 Å². The third-order valence-corrected chi connectivity index (χ3v) is 8.14. The highest BCUT2D eigenvalue weighted by molar-refractivity contribution is 7.89. The average Bonchev–Trinajstić information content (AvgIpc) is 3.15. The molecule has 0 fully saturated rings. The molecule has 1 amide bonds. The van der Waals surface area contributed by atoms with E-state index in [0.717, 1.165) is 18.5 Å². The van der Waals surface area contributed by atoms with Crippen molar-refractivity contribution >= 4 is 27.3 Å². The van der Waals surface area contributed by atoms with E-state index in [1.807, 2.05) is 30.9 Å². The summed E-state index contributed by atoms with van der Waals surface area (Å²) in [6, 6.07) is 9.03. The fraction of sp³-hybridized carbons (Fsp3) is 0.450. The zero-order valence-corrected chi connectivity index (χ0v) is 17.5. The van der Waals surface area contributed by atoms with Gasteiger partial charge in [-0.2, -0.15) is 4.31 Å². The van der Waals surface area contributed by atoms with Gasteiger partial charge in [0.1, 0.15) is 0 Å². The third kappa shape index (κ3) is 4.42. The molecule has 2 heterocycles. The molecule has 7 heteroatoms. The van der Waals surface area contributed by atoms with Crippen LogP contribution in [-0.4, -0.2) is 43.2 Å². The van der Waals surface area contributed by atoms with Crippen LogP contribution in [-0.2, 0) is 34.2 Å². The van der Waals surface area contributed by atoms with E-state index in [0.29, 0.717) is 37.4 Å². The van der Waals surface area contributed by atoms with E-state index in [1.54, 1.807) is 23.5 Å². The van der Waals surface area contributed by atoms with E-state index in [1.165, 1.54) is 14.7 Å². The number of aryl methyl sites for hydroxylation is 1. The van der Waals surface area contributed by atoms with Crippen molar-refractivity contribution in [1.29, 1.82) is 0 Å². The van der Waals surface area contributed by atoms with Gasteiger partial charge >= 0.3 is 0 Å². The summed E-state index contributed by atoms with van der Waals surface area (Å²) in [5.74, 6) is 0.159. The van der Waals surface area contributed by atoms with Crippen molar-refractivity contribution in [1.82, 2.24) is 9.21 Å². The zero-order chi connectivity index (χ0) is 19.4. The Balaban J connectivity index is 1.58. The first kappa shape index (κ1) is 20.0. The van der Waals surface area contributed by atoms with Crippen molar-refractivity contribution in [3.05, 3.63) is 51.7 Å². The van der Waals surface area contributed by atoms with Crippen molar-refractivity contribution in [3.8, 4) is 0 Å². The number of carbonyl (C=O) groups excluding carboxylic acids is 1. The van der Waals surface area contributed by atoms with E-state index >= 15 is 0 Å². The number of benzene rings is 1. The van der Waals surface area contributed by atoms with Crippen LogP contribution < -0.4 is 0 Å². The van der Waals surface area contributed by atoms with Crippen LogP contribution in [0.25, 0.3) is 0 Å². The summed E-state index contributed by atoms with van der Waals surface area (Å²) in [4.78, 5) is 16.1. The molecule has 27 heavy (non-hydrogen) atoms. The number of hydrogen-bond acceptors (Lipinski definition) is 4. The van der Waals surface area contributed by atoms with Gasteiger partial charge in [0.15, 0.2) is 0 Å². The van der Waals surface area contributed by atoms with Crippen molar-refractivity contribution in [2.24, 2.45) is 0 Å². The van der Waals surface area contributed by atoms with Crippen LogP contribution in [0.2, 0.25) is 0 Å².